The van der Waals surface area contributed by atoms with Gasteiger partial charge < -0.3 is 4.74 Å². The van der Waals surface area contributed by atoms with Gasteiger partial charge in [-0.05, 0) is 62.4 Å². The first-order valence-electron chi connectivity index (χ1n) is 4.61. The normalized spacial score (nSPS) is 8.93. The Bertz CT molecular complexity index is 309. The fourth-order valence-electron chi connectivity index (χ4n) is 1.77. The molecule has 88 valence electrons. The van der Waals surface area contributed by atoms with Crippen molar-refractivity contribution in [1.82, 2.24) is 0 Å². The Morgan fingerprint density at radius 1 is 0.600 bits per heavy atom. The Morgan fingerprint density at radius 3 is 1.13 bits per heavy atom. The molecule has 1 heteroatoms. The summed E-state index contributed by atoms with van der Waals surface area (Å²) in [7, 11) is 1.74. The van der Waals surface area contributed by atoms with E-state index in [1.54, 1.807) is 7.11 Å². The average molecular weight is 210 g/mol. The van der Waals surface area contributed by atoms with Gasteiger partial charge in [0, 0.05) is 0 Å². The van der Waals surface area contributed by atoms with Crippen LogP contribution in [-0.4, -0.2) is 7.11 Å². The quantitative estimate of drug-likeness (QED) is 0.662. The maximum Gasteiger partial charge on any atom is 0.125 e. The molecule has 0 amide bonds. The zero-order valence-corrected chi connectivity index (χ0v) is 9.41. The van der Waals surface area contributed by atoms with Gasteiger partial charge in [0.15, 0.2) is 0 Å². The first-order chi connectivity index (χ1) is 6.00. The molecule has 0 fully saturated rings. The van der Waals surface area contributed by atoms with Crippen LogP contribution < -0.4 is 4.74 Å². The van der Waals surface area contributed by atoms with Gasteiger partial charge in [-0.3, -0.25) is 0 Å². The standard InChI is InChI=1S/C12H18O.2CH4/c1-7-8(2)10(4)12(13-6)11(5)9(7)3;;/h1-6H3;2*1H4. The third-order valence-corrected chi connectivity index (χ3v) is 3.14. The largest absolute Gasteiger partial charge is 0.496 e. The fourth-order valence-corrected chi connectivity index (χ4v) is 1.77. The molecule has 0 heterocycles. The molecule has 0 saturated heterocycles. The van der Waals surface area contributed by atoms with Gasteiger partial charge in [0.1, 0.15) is 5.75 Å². The minimum absolute atomic E-state index is 0. The molecule has 0 radical (unpaired) electrons. The van der Waals surface area contributed by atoms with Crippen molar-refractivity contribution in [3.63, 3.8) is 0 Å². The van der Waals surface area contributed by atoms with Crippen LogP contribution in [0.3, 0.4) is 0 Å². The highest BCUT2D eigenvalue weighted by molar-refractivity contribution is 5.53. The SMILES string of the molecule is C.C.COc1c(C)c(C)c(C)c(C)c1C. The Kier molecular flexibility index (Phi) is 6.35. The number of rotatable bonds is 1. The van der Waals surface area contributed by atoms with Crippen LogP contribution in [0.5, 0.6) is 5.75 Å². The molecular weight excluding hydrogens is 184 g/mol. The lowest BCUT2D eigenvalue weighted by Crippen LogP contribution is -1.99. The molecule has 1 aromatic carbocycles. The summed E-state index contributed by atoms with van der Waals surface area (Å²) in [4.78, 5) is 0. The molecular formula is C14H26O. The molecule has 1 rings (SSSR count). The Morgan fingerprint density at radius 2 is 0.867 bits per heavy atom. The van der Waals surface area contributed by atoms with Crippen LogP contribution in [0, 0.1) is 34.6 Å². The van der Waals surface area contributed by atoms with Gasteiger partial charge in [0.05, 0.1) is 7.11 Å². The second kappa shape index (κ2) is 5.79. The van der Waals surface area contributed by atoms with Gasteiger partial charge in [0.2, 0.25) is 0 Å². The lowest BCUT2D eigenvalue weighted by Gasteiger charge is -2.16. The van der Waals surface area contributed by atoms with Crippen molar-refractivity contribution in [3.8, 4) is 5.75 Å². The average Bonchev–Trinajstić information content (AvgIpc) is 2.13. The molecule has 15 heavy (non-hydrogen) atoms. The first-order valence-corrected chi connectivity index (χ1v) is 4.61. The molecule has 0 aliphatic rings. The van der Waals surface area contributed by atoms with E-state index in [9.17, 15) is 0 Å². The number of hydrogen-bond acceptors (Lipinski definition) is 1. The fraction of sp³-hybridized carbons (Fsp3) is 0.571. The van der Waals surface area contributed by atoms with Crippen LogP contribution in [0.25, 0.3) is 0 Å². The molecule has 0 N–H and O–H groups in total. The van der Waals surface area contributed by atoms with E-state index >= 15 is 0 Å². The van der Waals surface area contributed by atoms with E-state index in [0.717, 1.165) is 5.75 Å². The van der Waals surface area contributed by atoms with Gasteiger partial charge in [-0.1, -0.05) is 14.9 Å². The van der Waals surface area contributed by atoms with Crippen molar-refractivity contribution in [2.24, 2.45) is 0 Å². The van der Waals surface area contributed by atoms with Crippen LogP contribution in [0.15, 0.2) is 0 Å². The summed E-state index contributed by atoms with van der Waals surface area (Å²) in [6.45, 7) is 10.7. The number of methoxy groups -OCH3 is 1. The Labute approximate surface area is 95.5 Å². The van der Waals surface area contributed by atoms with Gasteiger partial charge >= 0.3 is 0 Å². The summed E-state index contributed by atoms with van der Waals surface area (Å²) in [5.41, 5.74) is 6.61. The van der Waals surface area contributed by atoms with Crippen molar-refractivity contribution < 1.29 is 4.74 Å². The number of benzene rings is 1. The van der Waals surface area contributed by atoms with Crippen LogP contribution in [0.4, 0.5) is 0 Å². The molecule has 0 unspecified atom stereocenters. The first kappa shape index (κ1) is 16.4. The van der Waals surface area contributed by atoms with Crippen molar-refractivity contribution in [3.05, 3.63) is 27.8 Å². The van der Waals surface area contributed by atoms with Gasteiger partial charge in [-0.15, -0.1) is 0 Å². The maximum absolute atomic E-state index is 5.39. The smallest absolute Gasteiger partial charge is 0.125 e. The summed E-state index contributed by atoms with van der Waals surface area (Å²) >= 11 is 0. The summed E-state index contributed by atoms with van der Waals surface area (Å²) in [6.07, 6.45) is 0. The minimum Gasteiger partial charge on any atom is -0.496 e. The number of hydrogen-bond donors (Lipinski definition) is 0. The minimum atomic E-state index is 0. The molecule has 0 bridgehead atoms. The zero-order valence-electron chi connectivity index (χ0n) is 9.41. The summed E-state index contributed by atoms with van der Waals surface area (Å²) in [6, 6.07) is 0. The van der Waals surface area contributed by atoms with Crippen molar-refractivity contribution in [2.45, 2.75) is 49.5 Å². The second-order valence-corrected chi connectivity index (χ2v) is 3.66. The van der Waals surface area contributed by atoms with E-state index in [-0.39, 0.29) is 14.9 Å². The van der Waals surface area contributed by atoms with E-state index in [0.29, 0.717) is 0 Å². The van der Waals surface area contributed by atoms with Crippen molar-refractivity contribution in [2.75, 3.05) is 7.11 Å². The van der Waals surface area contributed by atoms with Gasteiger partial charge in [-0.2, -0.15) is 0 Å². The molecule has 0 saturated carbocycles. The monoisotopic (exact) mass is 210 g/mol. The van der Waals surface area contributed by atoms with E-state index in [1.165, 1.54) is 27.8 Å². The highest BCUT2D eigenvalue weighted by atomic mass is 16.5. The van der Waals surface area contributed by atoms with Gasteiger partial charge in [0.25, 0.3) is 0 Å². The highest BCUT2D eigenvalue weighted by Gasteiger charge is 2.11. The molecule has 0 aliphatic carbocycles. The predicted octanol–water partition coefficient (Wildman–Crippen LogP) is 4.51. The molecule has 1 aromatic rings. The Balaban J connectivity index is 0. The van der Waals surface area contributed by atoms with Crippen LogP contribution in [0.1, 0.15) is 42.7 Å². The lowest BCUT2D eigenvalue weighted by atomic mass is 9.94. The zero-order chi connectivity index (χ0) is 10.2. The topological polar surface area (TPSA) is 9.23 Å². The van der Waals surface area contributed by atoms with Crippen molar-refractivity contribution in [1.29, 1.82) is 0 Å². The van der Waals surface area contributed by atoms with Gasteiger partial charge in [-0.25, -0.2) is 0 Å². The molecule has 1 nitrogen and oxygen atoms in total. The number of ether oxygens (including phenoxy) is 1. The summed E-state index contributed by atoms with van der Waals surface area (Å²) < 4.78 is 5.39. The molecule has 0 aliphatic heterocycles. The van der Waals surface area contributed by atoms with E-state index < -0.39 is 0 Å². The molecule has 0 spiro atoms. The van der Waals surface area contributed by atoms with E-state index in [1.807, 2.05) is 0 Å². The van der Waals surface area contributed by atoms with Crippen LogP contribution in [-0.2, 0) is 0 Å². The predicted molar refractivity (Wildman–Crippen MR) is 70.1 cm³/mol. The van der Waals surface area contributed by atoms with E-state index in [4.69, 9.17) is 4.74 Å². The highest BCUT2D eigenvalue weighted by Crippen LogP contribution is 2.31. The second-order valence-electron chi connectivity index (χ2n) is 3.66. The van der Waals surface area contributed by atoms with Crippen molar-refractivity contribution >= 4 is 0 Å². The van der Waals surface area contributed by atoms with E-state index in [2.05, 4.69) is 34.6 Å². The Hall–Kier alpha value is -0.980. The van der Waals surface area contributed by atoms with Crippen LogP contribution in [0.2, 0.25) is 0 Å². The molecule has 0 atom stereocenters. The summed E-state index contributed by atoms with van der Waals surface area (Å²) in [5.74, 6) is 1.04. The van der Waals surface area contributed by atoms with Crippen LogP contribution >= 0.6 is 0 Å². The summed E-state index contributed by atoms with van der Waals surface area (Å²) in [5, 5.41) is 0. The lowest BCUT2D eigenvalue weighted by molar-refractivity contribution is 0.407. The third-order valence-electron chi connectivity index (χ3n) is 3.14. The maximum atomic E-state index is 5.39. The third kappa shape index (κ3) is 2.53. The molecule has 0 aromatic heterocycles.